The Morgan fingerprint density at radius 2 is 1.56 bits per heavy atom. The van der Waals surface area contributed by atoms with Gasteiger partial charge < -0.3 is 0 Å². The number of thioether (sulfide) groups is 2. The number of rotatable bonds is 5. The molecule has 6 heteroatoms. The quantitative estimate of drug-likeness (QED) is 0.618. The van der Waals surface area contributed by atoms with Crippen molar-refractivity contribution in [1.82, 2.24) is 0 Å². The zero-order chi connectivity index (χ0) is 13.8. The fourth-order valence-electron chi connectivity index (χ4n) is 1.40. The van der Waals surface area contributed by atoms with E-state index in [-0.39, 0.29) is 4.91 Å². The molecule has 1 aromatic rings. The molecule has 1 aromatic carbocycles. The highest BCUT2D eigenvalue weighted by molar-refractivity contribution is 8.22. The van der Waals surface area contributed by atoms with Crippen LogP contribution in [0.1, 0.15) is 10.4 Å². The Hall–Kier alpha value is -0.720. The number of benzene rings is 1. The van der Waals surface area contributed by atoms with Crippen LogP contribution in [0.2, 0.25) is 0 Å². The lowest BCUT2D eigenvalue weighted by molar-refractivity contribution is 0.104. The molecular formula is C12H14O3S3. The molecule has 0 unspecified atom stereocenters. The highest BCUT2D eigenvalue weighted by atomic mass is 32.2. The fourth-order valence-corrected chi connectivity index (χ4v) is 4.79. The molecule has 0 aliphatic carbocycles. The highest BCUT2D eigenvalue weighted by Crippen LogP contribution is 2.31. The Balaban J connectivity index is 3.40. The van der Waals surface area contributed by atoms with Crippen LogP contribution >= 0.6 is 23.5 Å². The topological polar surface area (TPSA) is 51.2 Å². The lowest BCUT2D eigenvalue weighted by Crippen LogP contribution is -2.14. The normalized spacial score (nSPS) is 11.1. The van der Waals surface area contributed by atoms with E-state index in [9.17, 15) is 13.2 Å². The van der Waals surface area contributed by atoms with Crippen molar-refractivity contribution in [2.75, 3.05) is 18.8 Å². The van der Waals surface area contributed by atoms with E-state index in [4.69, 9.17) is 0 Å². The number of sulfone groups is 1. The predicted octanol–water partition coefficient (Wildman–Crippen LogP) is 2.81. The summed E-state index contributed by atoms with van der Waals surface area (Å²) in [7, 11) is -3.55. The van der Waals surface area contributed by atoms with Gasteiger partial charge in [-0.15, -0.1) is 23.5 Å². The largest absolute Gasteiger partial charge is 0.288 e. The van der Waals surface area contributed by atoms with E-state index in [0.29, 0.717) is 9.80 Å². The van der Waals surface area contributed by atoms with Gasteiger partial charge in [0.1, 0.15) is 4.91 Å². The molecule has 1 rings (SSSR count). The minimum atomic E-state index is -3.55. The van der Waals surface area contributed by atoms with Crippen LogP contribution in [-0.2, 0) is 9.84 Å². The van der Waals surface area contributed by atoms with Crippen LogP contribution < -0.4 is 0 Å². The van der Waals surface area contributed by atoms with Crippen LogP contribution in [0.25, 0.3) is 0 Å². The predicted molar refractivity (Wildman–Crippen MR) is 79.7 cm³/mol. The Morgan fingerprint density at radius 3 is 1.94 bits per heavy atom. The van der Waals surface area contributed by atoms with E-state index < -0.39 is 15.6 Å². The molecule has 0 saturated heterocycles. The average molecular weight is 302 g/mol. The van der Waals surface area contributed by atoms with Crippen molar-refractivity contribution in [1.29, 1.82) is 0 Å². The summed E-state index contributed by atoms with van der Waals surface area (Å²) >= 11 is 2.54. The van der Waals surface area contributed by atoms with Gasteiger partial charge in [0.05, 0.1) is 4.24 Å². The van der Waals surface area contributed by atoms with Crippen molar-refractivity contribution >= 4 is 39.1 Å². The fraction of sp³-hybridized carbons (Fsp3) is 0.250. The summed E-state index contributed by atoms with van der Waals surface area (Å²) in [5.74, 6) is -0.447. The molecule has 98 valence electrons. The van der Waals surface area contributed by atoms with E-state index in [0.717, 1.165) is 6.26 Å². The molecule has 0 atom stereocenters. The minimum Gasteiger partial charge on any atom is -0.288 e. The molecule has 0 fully saturated rings. The maximum absolute atomic E-state index is 12.3. The van der Waals surface area contributed by atoms with Crippen LogP contribution in [0.15, 0.2) is 39.5 Å². The molecule has 3 nitrogen and oxygen atoms in total. The molecule has 0 aliphatic rings. The molecule has 0 spiro atoms. The first kappa shape index (κ1) is 15.3. The number of ketones is 1. The van der Waals surface area contributed by atoms with Gasteiger partial charge in [-0.25, -0.2) is 8.42 Å². The highest BCUT2D eigenvalue weighted by Gasteiger charge is 2.25. The zero-order valence-electron chi connectivity index (χ0n) is 10.3. The Bertz CT molecular complexity index is 553. The van der Waals surface area contributed by atoms with E-state index in [1.165, 1.54) is 23.5 Å². The molecule has 0 heterocycles. The smallest absolute Gasteiger partial charge is 0.206 e. The molecule has 0 radical (unpaired) electrons. The Labute approximate surface area is 116 Å². The summed E-state index contributed by atoms with van der Waals surface area (Å²) in [6.45, 7) is 0. The van der Waals surface area contributed by atoms with E-state index in [2.05, 4.69) is 0 Å². The van der Waals surface area contributed by atoms with Gasteiger partial charge in [-0.3, -0.25) is 4.79 Å². The van der Waals surface area contributed by atoms with E-state index in [1.807, 2.05) is 0 Å². The molecule has 0 aliphatic heterocycles. The van der Waals surface area contributed by atoms with E-state index in [1.54, 1.807) is 42.8 Å². The van der Waals surface area contributed by atoms with Gasteiger partial charge in [-0.1, -0.05) is 30.3 Å². The lowest BCUT2D eigenvalue weighted by Gasteiger charge is -2.09. The summed E-state index contributed by atoms with van der Waals surface area (Å²) < 4.78 is 24.1. The average Bonchev–Trinajstić information content (AvgIpc) is 2.34. The Morgan fingerprint density at radius 1 is 1.06 bits per heavy atom. The Kier molecular flexibility index (Phi) is 5.49. The molecule has 0 aromatic heterocycles. The van der Waals surface area contributed by atoms with Gasteiger partial charge in [-0.2, -0.15) is 0 Å². The molecule has 0 saturated carbocycles. The summed E-state index contributed by atoms with van der Waals surface area (Å²) in [4.78, 5) is 12.2. The van der Waals surface area contributed by atoms with Crippen LogP contribution in [0, 0.1) is 0 Å². The van der Waals surface area contributed by atoms with Crippen LogP contribution in [0.5, 0.6) is 0 Å². The molecule has 0 N–H and O–H groups in total. The van der Waals surface area contributed by atoms with Crippen molar-refractivity contribution in [2.24, 2.45) is 0 Å². The van der Waals surface area contributed by atoms with Gasteiger partial charge >= 0.3 is 0 Å². The van der Waals surface area contributed by atoms with Crippen molar-refractivity contribution < 1.29 is 13.2 Å². The maximum Gasteiger partial charge on any atom is 0.206 e. The summed E-state index contributed by atoms with van der Waals surface area (Å²) in [5, 5.41) is 0. The second-order valence-electron chi connectivity index (χ2n) is 3.49. The number of Topliss-reactive ketones (excluding diaryl/α,β-unsaturated/α-hetero) is 1. The second-order valence-corrected chi connectivity index (χ2v) is 7.34. The number of carbonyl (C=O) groups is 1. The van der Waals surface area contributed by atoms with Crippen molar-refractivity contribution in [3.05, 3.63) is 45.0 Å². The van der Waals surface area contributed by atoms with Crippen LogP contribution in [-0.4, -0.2) is 33.0 Å². The van der Waals surface area contributed by atoms with Gasteiger partial charge in [0.15, 0.2) is 9.84 Å². The van der Waals surface area contributed by atoms with E-state index >= 15 is 0 Å². The second kappa shape index (κ2) is 6.45. The monoisotopic (exact) mass is 302 g/mol. The first-order chi connectivity index (χ1) is 8.41. The van der Waals surface area contributed by atoms with Gasteiger partial charge in [-0.05, 0) is 12.5 Å². The molecule has 0 amide bonds. The summed E-state index contributed by atoms with van der Waals surface area (Å²) in [6, 6.07) is 8.44. The minimum absolute atomic E-state index is 0.117. The molecule has 18 heavy (non-hydrogen) atoms. The first-order valence-corrected chi connectivity index (χ1v) is 9.38. The van der Waals surface area contributed by atoms with Crippen molar-refractivity contribution in [3.8, 4) is 0 Å². The third-order valence-electron chi connectivity index (χ3n) is 2.17. The van der Waals surface area contributed by atoms with Gasteiger partial charge in [0, 0.05) is 11.8 Å². The zero-order valence-corrected chi connectivity index (χ0v) is 12.8. The number of allylic oxidation sites excluding steroid dienone is 1. The maximum atomic E-state index is 12.3. The number of hydrogen-bond acceptors (Lipinski definition) is 5. The standard InChI is InChI=1S/C12H14O3S3/c1-16-12(17-2)11(18(3,14)15)10(13)9-7-5-4-6-8-9/h4-8H,1-3H3. The summed E-state index contributed by atoms with van der Waals surface area (Å²) in [5.41, 5.74) is 0.388. The van der Waals surface area contributed by atoms with Crippen LogP contribution in [0.4, 0.5) is 0 Å². The lowest BCUT2D eigenvalue weighted by atomic mass is 10.1. The first-order valence-electron chi connectivity index (χ1n) is 5.04. The summed E-state index contributed by atoms with van der Waals surface area (Å²) in [6.07, 6.45) is 4.58. The third kappa shape index (κ3) is 3.63. The molecular weight excluding hydrogens is 288 g/mol. The molecule has 0 bridgehead atoms. The number of carbonyl (C=O) groups excluding carboxylic acids is 1. The van der Waals surface area contributed by atoms with Crippen molar-refractivity contribution in [2.45, 2.75) is 0 Å². The van der Waals surface area contributed by atoms with Crippen LogP contribution in [0.3, 0.4) is 0 Å². The third-order valence-corrected chi connectivity index (χ3v) is 5.71. The van der Waals surface area contributed by atoms with Gasteiger partial charge in [0.25, 0.3) is 0 Å². The number of hydrogen-bond donors (Lipinski definition) is 0. The SMILES string of the molecule is CSC(SC)=C(C(=O)c1ccccc1)S(C)(=O)=O. The van der Waals surface area contributed by atoms with Crippen molar-refractivity contribution in [3.63, 3.8) is 0 Å². The van der Waals surface area contributed by atoms with Gasteiger partial charge in [0.2, 0.25) is 5.78 Å².